The van der Waals surface area contributed by atoms with Crippen LogP contribution in [0.3, 0.4) is 0 Å². The molecule has 4 unspecified atom stereocenters. The number of carbonyl (C=O) groups is 4. The third-order valence-electron chi connectivity index (χ3n) is 16.0. The molecule has 17 nitrogen and oxygen atoms in total. The molecule has 0 saturated carbocycles. The van der Waals surface area contributed by atoms with Crippen molar-refractivity contribution in [3.05, 3.63) is 0 Å². The molecule has 510 valence electrons. The normalized spacial score (nSPS) is 15.0. The summed E-state index contributed by atoms with van der Waals surface area (Å²) in [6, 6.07) is 0. The molecule has 0 fully saturated rings. The van der Waals surface area contributed by atoms with Crippen molar-refractivity contribution >= 4 is 39.5 Å². The molecule has 0 bridgehead atoms. The summed E-state index contributed by atoms with van der Waals surface area (Å²) in [5, 5.41) is 10.6. The lowest BCUT2D eigenvalue weighted by atomic mass is 9.99. The average Bonchev–Trinajstić information content (AvgIpc) is 3.65. The molecule has 0 amide bonds. The van der Waals surface area contributed by atoms with Gasteiger partial charge in [0.25, 0.3) is 0 Å². The quantitative estimate of drug-likeness (QED) is 0.0222. The van der Waals surface area contributed by atoms with Gasteiger partial charge in [-0.15, -0.1) is 0 Å². The Balaban J connectivity index is 5.26. The molecule has 0 aliphatic carbocycles. The van der Waals surface area contributed by atoms with Crippen LogP contribution in [0.5, 0.6) is 0 Å². The van der Waals surface area contributed by atoms with Crippen LogP contribution < -0.4 is 0 Å². The second-order valence-electron chi connectivity index (χ2n) is 25.6. The molecule has 0 aliphatic heterocycles. The summed E-state index contributed by atoms with van der Waals surface area (Å²) in [7, 11) is -9.90. The molecular formula is C67H130O17P2. The van der Waals surface area contributed by atoms with Gasteiger partial charge in [-0.1, -0.05) is 274 Å². The van der Waals surface area contributed by atoms with E-state index < -0.39 is 97.5 Å². The van der Waals surface area contributed by atoms with Crippen molar-refractivity contribution in [3.63, 3.8) is 0 Å². The Bertz CT molecular complexity index is 1720. The number of esters is 4. The molecule has 0 heterocycles. The molecule has 7 atom stereocenters. The van der Waals surface area contributed by atoms with Gasteiger partial charge in [0, 0.05) is 25.7 Å². The standard InChI is InChI=1S/C67H130O17P2/c1-9-59(7)45-37-29-20-16-12-14-18-22-34-42-50-67(72)84-63(54-78-65(70)48-40-32-26-24-30-38-46-60(8)10-2)56-82-86(75,76)80-52-61(68)51-79-85(73,74)81-55-62(53-77-64(69)47-39-31-25-23-28-36-44-58(5)6)83-66(71)49-41-33-21-17-13-11-15-19-27-35-43-57(3)4/h57-63,68H,9-56H2,1-8H3,(H,73,74)(H,75,76)/t59?,60?,61-,62+,63+/m0/s1. The molecule has 19 heteroatoms. The maximum atomic E-state index is 13.0. The molecule has 0 aromatic carbocycles. The lowest BCUT2D eigenvalue weighted by Gasteiger charge is -2.21. The van der Waals surface area contributed by atoms with Gasteiger partial charge in [0.05, 0.1) is 26.4 Å². The summed E-state index contributed by atoms with van der Waals surface area (Å²) in [6.07, 6.45) is 37.6. The third-order valence-corrected chi connectivity index (χ3v) is 17.9. The number of hydrogen-bond acceptors (Lipinski definition) is 15. The summed E-state index contributed by atoms with van der Waals surface area (Å²) >= 11 is 0. The Morgan fingerprint density at radius 2 is 0.558 bits per heavy atom. The van der Waals surface area contributed by atoms with Crippen LogP contribution in [-0.2, 0) is 65.4 Å². The van der Waals surface area contributed by atoms with E-state index in [0.717, 1.165) is 120 Å². The molecule has 0 saturated heterocycles. The van der Waals surface area contributed by atoms with Crippen LogP contribution in [0.15, 0.2) is 0 Å². The number of aliphatic hydroxyl groups excluding tert-OH is 1. The third kappa shape index (κ3) is 58.4. The van der Waals surface area contributed by atoms with Crippen molar-refractivity contribution in [1.29, 1.82) is 0 Å². The predicted molar refractivity (Wildman–Crippen MR) is 344 cm³/mol. The van der Waals surface area contributed by atoms with Gasteiger partial charge in [0.2, 0.25) is 0 Å². The van der Waals surface area contributed by atoms with Crippen molar-refractivity contribution in [2.45, 2.75) is 343 Å². The fourth-order valence-corrected chi connectivity index (χ4v) is 11.5. The van der Waals surface area contributed by atoms with E-state index in [2.05, 4.69) is 55.4 Å². The molecule has 0 aromatic heterocycles. The Morgan fingerprint density at radius 3 is 0.826 bits per heavy atom. The molecule has 3 N–H and O–H groups in total. The highest BCUT2D eigenvalue weighted by Crippen LogP contribution is 2.45. The zero-order valence-electron chi connectivity index (χ0n) is 55.9. The lowest BCUT2D eigenvalue weighted by Crippen LogP contribution is -2.30. The van der Waals surface area contributed by atoms with Gasteiger partial charge in [-0.3, -0.25) is 37.3 Å². The largest absolute Gasteiger partial charge is 0.472 e. The van der Waals surface area contributed by atoms with E-state index in [9.17, 15) is 43.2 Å². The highest BCUT2D eigenvalue weighted by Gasteiger charge is 2.30. The number of rotatable bonds is 64. The van der Waals surface area contributed by atoms with E-state index in [-0.39, 0.29) is 25.7 Å². The van der Waals surface area contributed by atoms with Gasteiger partial charge in [-0.25, -0.2) is 9.13 Å². The molecule has 0 aromatic rings. The van der Waals surface area contributed by atoms with Crippen LogP contribution in [-0.4, -0.2) is 96.7 Å². The second kappa shape index (κ2) is 57.0. The summed E-state index contributed by atoms with van der Waals surface area (Å²) < 4.78 is 68.1. The van der Waals surface area contributed by atoms with E-state index in [1.165, 1.54) is 116 Å². The van der Waals surface area contributed by atoms with Crippen LogP contribution in [0.4, 0.5) is 0 Å². The van der Waals surface area contributed by atoms with Crippen LogP contribution in [0.25, 0.3) is 0 Å². The Labute approximate surface area is 524 Å². The number of ether oxygens (including phenoxy) is 4. The van der Waals surface area contributed by atoms with Crippen molar-refractivity contribution in [2.75, 3.05) is 39.6 Å². The van der Waals surface area contributed by atoms with Gasteiger partial charge in [0.1, 0.15) is 19.3 Å². The first kappa shape index (κ1) is 84.1. The SMILES string of the molecule is CCC(C)CCCCCCCCCCCCC(=O)O[C@H](COC(=O)CCCCCCCCC(C)CC)COP(=O)(O)OC[C@@H](O)COP(=O)(O)OC[C@@H](COC(=O)CCCCCCCCC(C)C)OC(=O)CCCCCCCCCCCCC(C)C. The summed E-state index contributed by atoms with van der Waals surface area (Å²) in [5.41, 5.74) is 0. The predicted octanol–water partition coefficient (Wildman–Crippen LogP) is 18.5. The fraction of sp³-hybridized carbons (Fsp3) is 0.940. The number of carbonyl (C=O) groups excluding carboxylic acids is 4. The lowest BCUT2D eigenvalue weighted by molar-refractivity contribution is -0.161. The molecule has 0 radical (unpaired) electrons. The van der Waals surface area contributed by atoms with Gasteiger partial charge in [-0.2, -0.15) is 0 Å². The van der Waals surface area contributed by atoms with Crippen LogP contribution >= 0.6 is 15.6 Å². The number of phosphoric acid groups is 2. The smallest absolute Gasteiger partial charge is 0.462 e. The molecule has 0 rings (SSSR count). The van der Waals surface area contributed by atoms with Crippen molar-refractivity contribution < 1.29 is 80.2 Å². The first-order valence-corrected chi connectivity index (χ1v) is 37.8. The summed E-state index contributed by atoms with van der Waals surface area (Å²) in [5.74, 6) is 0.829. The van der Waals surface area contributed by atoms with Crippen molar-refractivity contribution in [3.8, 4) is 0 Å². The molecule has 0 spiro atoms. The fourth-order valence-electron chi connectivity index (χ4n) is 9.89. The number of aliphatic hydroxyl groups is 1. The Morgan fingerprint density at radius 1 is 0.326 bits per heavy atom. The number of phosphoric ester groups is 2. The van der Waals surface area contributed by atoms with Crippen LogP contribution in [0.1, 0.15) is 325 Å². The first-order valence-electron chi connectivity index (χ1n) is 34.8. The zero-order chi connectivity index (χ0) is 63.9. The van der Waals surface area contributed by atoms with E-state index >= 15 is 0 Å². The highest BCUT2D eigenvalue weighted by atomic mass is 31.2. The molecular weight excluding hydrogens is 1140 g/mol. The van der Waals surface area contributed by atoms with E-state index in [1.54, 1.807) is 0 Å². The highest BCUT2D eigenvalue weighted by molar-refractivity contribution is 7.47. The summed E-state index contributed by atoms with van der Waals surface area (Å²) in [4.78, 5) is 72.4. The van der Waals surface area contributed by atoms with Gasteiger partial charge >= 0.3 is 39.5 Å². The maximum Gasteiger partial charge on any atom is 0.472 e. The number of hydrogen-bond donors (Lipinski definition) is 3. The van der Waals surface area contributed by atoms with Crippen molar-refractivity contribution in [2.24, 2.45) is 23.7 Å². The molecule has 0 aliphatic rings. The summed E-state index contributed by atoms with van der Waals surface area (Å²) in [6.45, 7) is 14.0. The second-order valence-corrected chi connectivity index (χ2v) is 28.6. The molecule has 86 heavy (non-hydrogen) atoms. The minimum atomic E-state index is -4.95. The minimum Gasteiger partial charge on any atom is -0.462 e. The van der Waals surface area contributed by atoms with E-state index in [1.807, 2.05) is 0 Å². The first-order chi connectivity index (χ1) is 41.2. The maximum absolute atomic E-state index is 13.0. The van der Waals surface area contributed by atoms with E-state index in [0.29, 0.717) is 31.6 Å². The topological polar surface area (TPSA) is 237 Å². The van der Waals surface area contributed by atoms with Crippen LogP contribution in [0.2, 0.25) is 0 Å². The van der Waals surface area contributed by atoms with Crippen LogP contribution in [0, 0.1) is 23.7 Å². The number of unbranched alkanes of at least 4 members (excludes halogenated alkanes) is 28. The minimum absolute atomic E-state index is 0.104. The van der Waals surface area contributed by atoms with Crippen molar-refractivity contribution in [1.82, 2.24) is 0 Å². The average molecular weight is 1270 g/mol. The van der Waals surface area contributed by atoms with E-state index in [4.69, 9.17) is 37.0 Å². The Kier molecular flexibility index (Phi) is 55.7. The Hall–Kier alpha value is -1.94. The van der Waals surface area contributed by atoms with Gasteiger partial charge in [-0.05, 0) is 49.4 Å². The van der Waals surface area contributed by atoms with Gasteiger partial charge in [0.15, 0.2) is 12.2 Å². The monoisotopic (exact) mass is 1270 g/mol. The van der Waals surface area contributed by atoms with Gasteiger partial charge < -0.3 is 33.8 Å². The zero-order valence-corrected chi connectivity index (χ0v) is 57.7.